The summed E-state index contributed by atoms with van der Waals surface area (Å²) in [5.74, 6) is 0. The van der Waals surface area contributed by atoms with Crippen molar-refractivity contribution in [2.24, 2.45) is 0 Å². The van der Waals surface area contributed by atoms with E-state index in [4.69, 9.17) is 9.97 Å². The van der Waals surface area contributed by atoms with E-state index in [1.165, 1.54) is 32.2 Å². The number of fused-ring (bicyclic) bond motifs is 9. The van der Waals surface area contributed by atoms with Crippen LogP contribution in [0.25, 0.3) is 49.3 Å². The molecule has 8 rings (SSSR count). The first kappa shape index (κ1) is 22.9. The number of para-hydroxylation sites is 3. The normalized spacial score (nSPS) is 13.4. The summed E-state index contributed by atoms with van der Waals surface area (Å²) in [6.45, 7) is 0. The Morgan fingerprint density at radius 3 is 2.15 bits per heavy atom. The van der Waals surface area contributed by atoms with E-state index >= 15 is 0 Å². The third-order valence-electron chi connectivity index (χ3n) is 7.67. The summed E-state index contributed by atoms with van der Waals surface area (Å²) in [6.07, 6.45) is 2.05. The molecule has 3 heterocycles. The first-order chi connectivity index (χ1) is 19.2. The van der Waals surface area contributed by atoms with Crippen molar-refractivity contribution in [1.29, 1.82) is 0 Å². The molecular weight excluding hydrogens is 560 g/mol. The van der Waals surface area contributed by atoms with Crippen LogP contribution in [0.5, 0.6) is 0 Å². The van der Waals surface area contributed by atoms with Crippen LogP contribution in [0.4, 0.5) is 0 Å². The maximum absolute atomic E-state index is 5.42. The Hall–Kier alpha value is -4.07. The monoisotopic (exact) mass is 583 g/mol. The van der Waals surface area contributed by atoms with Crippen molar-refractivity contribution in [1.82, 2.24) is 14.4 Å². The van der Waals surface area contributed by atoms with Gasteiger partial charge in [0.2, 0.25) is 0 Å². The first-order valence-electron chi connectivity index (χ1n) is 13.0. The molecule has 5 aromatic carbocycles. The molecule has 184 valence electrons. The number of hydrogen-bond acceptors (Lipinski definition) is 2. The molecule has 39 heavy (non-hydrogen) atoms. The van der Waals surface area contributed by atoms with Gasteiger partial charge < -0.3 is 0 Å². The zero-order valence-corrected chi connectivity index (χ0v) is 23.5. The third kappa shape index (κ3) is 3.33. The fraction of sp³-hybridized carbons (Fsp3) is 0. The van der Waals surface area contributed by atoms with E-state index in [9.17, 15) is 0 Å². The molecule has 0 spiro atoms. The number of hydrogen-bond donors (Lipinski definition) is 0. The van der Waals surface area contributed by atoms with Gasteiger partial charge in [-0.15, -0.1) is 0 Å². The van der Waals surface area contributed by atoms with Crippen molar-refractivity contribution in [3.8, 4) is 0 Å². The fourth-order valence-corrected chi connectivity index (χ4v) is 10.9. The Kier molecular flexibility index (Phi) is 5.12. The maximum atomic E-state index is 5.42. The molecule has 0 saturated carbocycles. The molecule has 1 unspecified atom stereocenters. The topological polar surface area (TPSA) is 30.2 Å². The molecule has 0 aliphatic rings. The van der Waals surface area contributed by atoms with Crippen molar-refractivity contribution in [2.75, 3.05) is 0 Å². The Bertz CT molecular complexity index is 2270. The molecule has 0 aliphatic carbocycles. The molecule has 0 bridgehead atoms. The first-order valence-corrected chi connectivity index (χ1v) is 17.0. The van der Waals surface area contributed by atoms with E-state index in [0.717, 1.165) is 33.0 Å². The van der Waals surface area contributed by atoms with E-state index < -0.39 is 5.51 Å². The number of imidazole rings is 1. The van der Waals surface area contributed by atoms with Gasteiger partial charge in [-0.1, -0.05) is 0 Å². The predicted octanol–water partition coefficient (Wildman–Crippen LogP) is 6.72. The molecule has 0 fully saturated rings. The van der Waals surface area contributed by atoms with E-state index in [-0.39, 0.29) is 0 Å². The second-order valence-corrected chi connectivity index (χ2v) is 16.0. The molecule has 0 aliphatic heterocycles. The number of rotatable bonds is 3. The van der Waals surface area contributed by atoms with Crippen LogP contribution in [0, 0.1) is 0 Å². The van der Waals surface area contributed by atoms with Crippen LogP contribution in [0.3, 0.4) is 0 Å². The SMILES string of the molecule is [Se]=P(c1ccccc1)(c1cnc2ccccc2c1)c1cccc2c1nc1c3ccccc3c3ccccc3n21. The van der Waals surface area contributed by atoms with E-state index in [0.29, 0.717) is 0 Å². The summed E-state index contributed by atoms with van der Waals surface area (Å²) in [6, 6.07) is 45.3. The van der Waals surface area contributed by atoms with Gasteiger partial charge in [-0.25, -0.2) is 0 Å². The van der Waals surface area contributed by atoms with Gasteiger partial charge in [0.1, 0.15) is 0 Å². The van der Waals surface area contributed by atoms with Crippen LogP contribution in [-0.4, -0.2) is 29.5 Å². The van der Waals surface area contributed by atoms with E-state index in [1.54, 1.807) is 0 Å². The van der Waals surface area contributed by atoms with Gasteiger partial charge in [0.15, 0.2) is 0 Å². The molecule has 0 saturated heterocycles. The molecule has 0 radical (unpaired) electrons. The van der Waals surface area contributed by atoms with Gasteiger partial charge in [-0.05, 0) is 0 Å². The number of aromatic nitrogens is 3. The van der Waals surface area contributed by atoms with E-state index in [2.05, 4.69) is 147 Å². The minimum atomic E-state index is -2.22. The average molecular weight is 583 g/mol. The Labute approximate surface area is 233 Å². The summed E-state index contributed by atoms with van der Waals surface area (Å²) in [5, 5.41) is 8.45. The zero-order valence-electron chi connectivity index (χ0n) is 20.9. The van der Waals surface area contributed by atoms with Crippen molar-refractivity contribution < 1.29 is 0 Å². The minimum absolute atomic E-state index is 0.989. The molecule has 3 nitrogen and oxygen atoms in total. The number of nitrogens with zero attached hydrogens (tertiary/aromatic N) is 3. The van der Waals surface area contributed by atoms with Gasteiger partial charge in [-0.2, -0.15) is 0 Å². The second-order valence-electron chi connectivity index (χ2n) is 9.81. The van der Waals surface area contributed by atoms with Gasteiger partial charge in [-0.3, -0.25) is 0 Å². The molecule has 5 heteroatoms. The van der Waals surface area contributed by atoms with Crippen molar-refractivity contribution in [3.05, 3.63) is 134 Å². The van der Waals surface area contributed by atoms with Crippen LogP contribution in [0.1, 0.15) is 0 Å². The summed E-state index contributed by atoms with van der Waals surface area (Å²) in [7, 11) is 0. The van der Waals surface area contributed by atoms with Crippen LogP contribution in [-0.2, 0) is 0 Å². The van der Waals surface area contributed by atoms with Crippen molar-refractivity contribution >= 4 is 85.8 Å². The summed E-state index contributed by atoms with van der Waals surface area (Å²) < 4.78 is 2.34. The van der Waals surface area contributed by atoms with Crippen molar-refractivity contribution in [3.63, 3.8) is 0 Å². The quantitative estimate of drug-likeness (QED) is 0.132. The molecule has 1 atom stereocenters. The van der Waals surface area contributed by atoms with Crippen LogP contribution < -0.4 is 15.9 Å². The predicted molar refractivity (Wildman–Crippen MR) is 167 cm³/mol. The van der Waals surface area contributed by atoms with Crippen LogP contribution in [0.2, 0.25) is 0 Å². The number of pyridine rings is 2. The van der Waals surface area contributed by atoms with Gasteiger partial charge in [0, 0.05) is 0 Å². The zero-order chi connectivity index (χ0) is 26.0. The summed E-state index contributed by atoms with van der Waals surface area (Å²) in [5.41, 5.74) is 3.10. The summed E-state index contributed by atoms with van der Waals surface area (Å²) in [4.78, 5) is 10.3. The van der Waals surface area contributed by atoms with Crippen LogP contribution >= 0.6 is 5.51 Å². The Morgan fingerprint density at radius 2 is 1.28 bits per heavy atom. The molecule has 3 aromatic heterocycles. The molecular formula is C34H22N3PSe. The van der Waals surface area contributed by atoms with E-state index in [1.807, 2.05) is 6.07 Å². The molecule has 0 N–H and O–H groups in total. The van der Waals surface area contributed by atoms with Gasteiger partial charge in [0.05, 0.1) is 0 Å². The second kappa shape index (κ2) is 8.73. The van der Waals surface area contributed by atoms with Crippen molar-refractivity contribution in [2.45, 2.75) is 0 Å². The fourth-order valence-electron chi connectivity index (χ4n) is 5.87. The Morgan fingerprint density at radius 1 is 0.590 bits per heavy atom. The van der Waals surface area contributed by atoms with Gasteiger partial charge in [0.25, 0.3) is 0 Å². The standard InChI is InChI=1S/C34H22N3PSe/c39-38(24-12-2-1-3-13-24,25-21-23-11-4-8-17-29(23)35-22-25)32-20-10-19-31-33(32)36-34-28-16-6-5-14-26(28)27-15-7-9-18-30(27)37(31)34/h1-22H. The Balaban J connectivity index is 1.53. The van der Waals surface area contributed by atoms with Crippen LogP contribution in [0.15, 0.2) is 134 Å². The average Bonchev–Trinajstić information content (AvgIpc) is 3.41. The van der Waals surface area contributed by atoms with Gasteiger partial charge >= 0.3 is 234 Å². The summed E-state index contributed by atoms with van der Waals surface area (Å²) >= 11 is 3.74. The molecule has 8 aromatic rings. The third-order valence-corrected chi connectivity index (χ3v) is 14.6. The number of benzene rings is 5. The molecule has 0 amide bonds.